The maximum Gasteiger partial charge on any atom is 0.254 e. The van der Waals surface area contributed by atoms with E-state index in [0.717, 1.165) is 42.4 Å². The first-order valence-corrected chi connectivity index (χ1v) is 6.99. The minimum atomic E-state index is 0.153. The van der Waals surface area contributed by atoms with E-state index in [1.54, 1.807) is 6.20 Å². The molecule has 0 aliphatic carbocycles. The van der Waals surface area contributed by atoms with Crippen LogP contribution in [0.15, 0.2) is 36.5 Å². The summed E-state index contributed by atoms with van der Waals surface area (Å²) in [6, 6.07) is 9.69. The van der Waals surface area contributed by atoms with Crippen molar-refractivity contribution >= 4 is 16.8 Å². The van der Waals surface area contributed by atoms with Crippen LogP contribution in [0.3, 0.4) is 0 Å². The van der Waals surface area contributed by atoms with Gasteiger partial charge in [0.1, 0.15) is 0 Å². The second-order valence-corrected chi connectivity index (χ2v) is 5.08. The van der Waals surface area contributed by atoms with Crippen LogP contribution in [-0.2, 0) is 0 Å². The zero-order chi connectivity index (χ0) is 13.1. The summed E-state index contributed by atoms with van der Waals surface area (Å²) in [5.41, 5.74) is 1.68. The van der Waals surface area contributed by atoms with Gasteiger partial charge in [-0.15, -0.1) is 0 Å². The number of carbonyl (C=O) groups excluding carboxylic acids is 1. The molecular formula is C16H18N2O. The maximum absolute atomic E-state index is 12.7. The Morgan fingerprint density at radius 2 is 1.74 bits per heavy atom. The standard InChI is InChI=1S/C16H18N2O/c19-16(18-11-5-1-2-6-12-18)14-9-10-17-15-8-4-3-7-13(14)15/h3-4,7-10H,1-2,5-6,11-12H2. The third-order valence-corrected chi connectivity index (χ3v) is 3.77. The third-order valence-electron chi connectivity index (χ3n) is 3.77. The van der Waals surface area contributed by atoms with E-state index in [9.17, 15) is 4.79 Å². The van der Waals surface area contributed by atoms with Crippen LogP contribution < -0.4 is 0 Å². The molecule has 0 unspecified atom stereocenters. The van der Waals surface area contributed by atoms with Crippen LogP contribution in [0, 0.1) is 0 Å². The molecule has 0 N–H and O–H groups in total. The van der Waals surface area contributed by atoms with Crippen molar-refractivity contribution in [1.82, 2.24) is 9.88 Å². The molecule has 3 heteroatoms. The van der Waals surface area contributed by atoms with Gasteiger partial charge in [-0.05, 0) is 25.0 Å². The molecule has 2 aromatic rings. The first-order valence-electron chi connectivity index (χ1n) is 6.99. The molecule has 3 nitrogen and oxygen atoms in total. The quantitative estimate of drug-likeness (QED) is 0.782. The molecule has 3 rings (SSSR count). The SMILES string of the molecule is O=C(c1ccnc2ccccc12)N1CCCCCC1. The molecule has 0 saturated carbocycles. The van der Waals surface area contributed by atoms with E-state index in [2.05, 4.69) is 4.98 Å². The van der Waals surface area contributed by atoms with E-state index in [1.807, 2.05) is 35.2 Å². The molecular weight excluding hydrogens is 236 g/mol. The summed E-state index contributed by atoms with van der Waals surface area (Å²) in [5.74, 6) is 0.153. The van der Waals surface area contributed by atoms with Crippen molar-refractivity contribution < 1.29 is 4.79 Å². The lowest BCUT2D eigenvalue weighted by Gasteiger charge is -2.21. The van der Waals surface area contributed by atoms with E-state index in [1.165, 1.54) is 12.8 Å². The Hall–Kier alpha value is -1.90. The van der Waals surface area contributed by atoms with Gasteiger partial charge in [-0.3, -0.25) is 9.78 Å². The number of pyridine rings is 1. The maximum atomic E-state index is 12.7. The fourth-order valence-corrected chi connectivity index (χ4v) is 2.73. The molecule has 1 aliphatic heterocycles. The average molecular weight is 254 g/mol. The van der Waals surface area contributed by atoms with Crippen LogP contribution in [-0.4, -0.2) is 28.9 Å². The minimum Gasteiger partial charge on any atom is -0.339 e. The average Bonchev–Trinajstić information content (AvgIpc) is 2.75. The lowest BCUT2D eigenvalue weighted by Crippen LogP contribution is -2.31. The highest BCUT2D eigenvalue weighted by atomic mass is 16.2. The lowest BCUT2D eigenvalue weighted by molar-refractivity contribution is 0.0763. The summed E-state index contributed by atoms with van der Waals surface area (Å²) in [5, 5.41) is 0.958. The van der Waals surface area contributed by atoms with Crippen molar-refractivity contribution in [1.29, 1.82) is 0 Å². The predicted molar refractivity (Wildman–Crippen MR) is 76.1 cm³/mol. The van der Waals surface area contributed by atoms with Gasteiger partial charge in [0.2, 0.25) is 0 Å². The molecule has 19 heavy (non-hydrogen) atoms. The number of amides is 1. The van der Waals surface area contributed by atoms with Crippen molar-refractivity contribution in [3.8, 4) is 0 Å². The van der Waals surface area contributed by atoms with Crippen LogP contribution in [0.5, 0.6) is 0 Å². The molecule has 0 radical (unpaired) electrons. The van der Waals surface area contributed by atoms with Gasteiger partial charge in [0, 0.05) is 24.7 Å². The number of hydrogen-bond donors (Lipinski definition) is 0. The van der Waals surface area contributed by atoms with Crippen molar-refractivity contribution in [2.45, 2.75) is 25.7 Å². The molecule has 1 saturated heterocycles. The van der Waals surface area contributed by atoms with E-state index < -0.39 is 0 Å². The minimum absolute atomic E-state index is 0.153. The molecule has 1 aliphatic rings. The Balaban J connectivity index is 1.96. The molecule has 1 aromatic heterocycles. The topological polar surface area (TPSA) is 33.2 Å². The third kappa shape index (κ3) is 2.46. The Morgan fingerprint density at radius 1 is 1.00 bits per heavy atom. The molecule has 98 valence electrons. The lowest BCUT2D eigenvalue weighted by atomic mass is 10.1. The van der Waals surface area contributed by atoms with Gasteiger partial charge in [-0.1, -0.05) is 31.0 Å². The molecule has 0 spiro atoms. The van der Waals surface area contributed by atoms with Crippen LogP contribution in [0.4, 0.5) is 0 Å². The van der Waals surface area contributed by atoms with Crippen molar-refractivity contribution in [2.24, 2.45) is 0 Å². The molecule has 2 heterocycles. The van der Waals surface area contributed by atoms with Crippen molar-refractivity contribution in [3.05, 3.63) is 42.1 Å². The number of fused-ring (bicyclic) bond motifs is 1. The van der Waals surface area contributed by atoms with Gasteiger partial charge in [0.15, 0.2) is 0 Å². The fourth-order valence-electron chi connectivity index (χ4n) is 2.73. The van der Waals surface area contributed by atoms with E-state index in [0.29, 0.717) is 0 Å². The van der Waals surface area contributed by atoms with Crippen molar-refractivity contribution in [3.63, 3.8) is 0 Å². The molecule has 0 atom stereocenters. The van der Waals surface area contributed by atoms with Crippen LogP contribution in [0.1, 0.15) is 36.0 Å². The van der Waals surface area contributed by atoms with Gasteiger partial charge in [-0.2, -0.15) is 0 Å². The largest absolute Gasteiger partial charge is 0.339 e. The molecule has 0 bridgehead atoms. The first-order chi connectivity index (χ1) is 9.36. The Kier molecular flexibility index (Phi) is 3.45. The second kappa shape index (κ2) is 5.39. The Morgan fingerprint density at radius 3 is 2.53 bits per heavy atom. The van der Waals surface area contributed by atoms with Gasteiger partial charge >= 0.3 is 0 Å². The number of likely N-dealkylation sites (tertiary alicyclic amines) is 1. The summed E-state index contributed by atoms with van der Waals surface area (Å²) in [6.07, 6.45) is 6.44. The Bertz CT molecular complexity index is 581. The zero-order valence-electron chi connectivity index (χ0n) is 11.0. The highest BCUT2D eigenvalue weighted by Crippen LogP contribution is 2.19. The monoisotopic (exact) mass is 254 g/mol. The molecule has 1 fully saturated rings. The number of rotatable bonds is 1. The van der Waals surface area contributed by atoms with E-state index >= 15 is 0 Å². The summed E-state index contributed by atoms with van der Waals surface area (Å²) in [6.45, 7) is 1.77. The summed E-state index contributed by atoms with van der Waals surface area (Å²) in [7, 11) is 0. The van der Waals surface area contributed by atoms with E-state index in [4.69, 9.17) is 0 Å². The van der Waals surface area contributed by atoms with Crippen LogP contribution in [0.25, 0.3) is 10.9 Å². The number of carbonyl (C=O) groups is 1. The van der Waals surface area contributed by atoms with Gasteiger partial charge < -0.3 is 4.90 Å². The number of benzene rings is 1. The second-order valence-electron chi connectivity index (χ2n) is 5.08. The highest BCUT2D eigenvalue weighted by Gasteiger charge is 2.19. The zero-order valence-corrected chi connectivity index (χ0v) is 11.0. The van der Waals surface area contributed by atoms with Gasteiger partial charge in [0.05, 0.1) is 11.1 Å². The Labute approximate surface area is 113 Å². The molecule has 1 aromatic carbocycles. The summed E-state index contributed by atoms with van der Waals surface area (Å²) < 4.78 is 0. The van der Waals surface area contributed by atoms with Gasteiger partial charge in [-0.25, -0.2) is 0 Å². The summed E-state index contributed by atoms with van der Waals surface area (Å²) >= 11 is 0. The number of hydrogen-bond acceptors (Lipinski definition) is 2. The first kappa shape index (κ1) is 12.2. The highest BCUT2D eigenvalue weighted by molar-refractivity contribution is 6.05. The van der Waals surface area contributed by atoms with Crippen LogP contribution in [0.2, 0.25) is 0 Å². The van der Waals surface area contributed by atoms with Crippen LogP contribution >= 0.6 is 0 Å². The normalized spacial score (nSPS) is 16.3. The number of para-hydroxylation sites is 1. The van der Waals surface area contributed by atoms with Crippen molar-refractivity contribution in [2.75, 3.05) is 13.1 Å². The molecule has 1 amide bonds. The van der Waals surface area contributed by atoms with E-state index in [-0.39, 0.29) is 5.91 Å². The number of aromatic nitrogens is 1. The predicted octanol–water partition coefficient (Wildman–Crippen LogP) is 3.25. The fraction of sp³-hybridized carbons (Fsp3) is 0.375. The smallest absolute Gasteiger partial charge is 0.254 e. The van der Waals surface area contributed by atoms with Gasteiger partial charge in [0.25, 0.3) is 5.91 Å². The summed E-state index contributed by atoms with van der Waals surface area (Å²) in [4.78, 5) is 19.0. The number of nitrogens with zero attached hydrogens (tertiary/aromatic N) is 2.